The first kappa shape index (κ1) is 20.6. The van der Waals surface area contributed by atoms with Crippen LogP contribution in [0.2, 0.25) is 0 Å². The number of nitrogens with zero attached hydrogens (tertiary/aromatic N) is 3. The highest BCUT2D eigenvalue weighted by atomic mass is 16.5. The number of hydrogen-bond donors (Lipinski definition) is 3. The van der Waals surface area contributed by atoms with E-state index in [1.54, 1.807) is 4.57 Å². The van der Waals surface area contributed by atoms with Gasteiger partial charge in [0, 0.05) is 25.8 Å². The first-order valence-electron chi connectivity index (χ1n) is 10.3. The summed E-state index contributed by atoms with van der Waals surface area (Å²) in [6.07, 6.45) is 5.90. The summed E-state index contributed by atoms with van der Waals surface area (Å²) in [5.41, 5.74) is 6.78. The molecule has 0 aromatic carbocycles. The molecule has 3 rings (SSSR count). The van der Waals surface area contributed by atoms with Crippen molar-refractivity contribution in [3.63, 3.8) is 0 Å². The molecule has 0 spiro atoms. The van der Waals surface area contributed by atoms with E-state index in [0.29, 0.717) is 23.8 Å². The SMILES string of the molecule is CCCC(C)Oc1nc(N)c2[nH]c(=O)n(CCCCNC3CCOCC3)c2n1. The van der Waals surface area contributed by atoms with Crippen LogP contribution in [0.5, 0.6) is 6.01 Å². The number of nitrogens with one attached hydrogen (secondary N) is 2. The number of aryl methyl sites for hydroxylation is 1. The Kier molecular flexibility index (Phi) is 7.27. The Hall–Kier alpha value is -2.13. The zero-order valence-electron chi connectivity index (χ0n) is 16.9. The lowest BCUT2D eigenvalue weighted by molar-refractivity contribution is 0.0780. The van der Waals surface area contributed by atoms with Crippen LogP contribution in [0.4, 0.5) is 5.82 Å². The third-order valence-corrected chi connectivity index (χ3v) is 5.09. The quantitative estimate of drug-likeness (QED) is 0.527. The molecule has 0 radical (unpaired) electrons. The molecular weight excluding hydrogens is 360 g/mol. The molecule has 0 bridgehead atoms. The van der Waals surface area contributed by atoms with Crippen LogP contribution >= 0.6 is 0 Å². The maximum atomic E-state index is 12.4. The summed E-state index contributed by atoms with van der Waals surface area (Å²) in [5, 5.41) is 3.56. The number of nitrogens with two attached hydrogens (primary N) is 1. The molecule has 1 unspecified atom stereocenters. The predicted octanol–water partition coefficient (Wildman–Crippen LogP) is 1.82. The number of H-pyrrole nitrogens is 1. The van der Waals surface area contributed by atoms with Gasteiger partial charge in [0.2, 0.25) is 0 Å². The molecule has 1 fully saturated rings. The summed E-state index contributed by atoms with van der Waals surface area (Å²) in [6.45, 7) is 7.26. The van der Waals surface area contributed by atoms with Crippen molar-refractivity contribution in [1.82, 2.24) is 24.8 Å². The van der Waals surface area contributed by atoms with Crippen molar-refractivity contribution >= 4 is 17.0 Å². The Morgan fingerprint density at radius 3 is 2.89 bits per heavy atom. The summed E-state index contributed by atoms with van der Waals surface area (Å²) in [5.74, 6) is 0.237. The standard InChI is InChI=1S/C19H32N6O3/c1-3-6-13(2)28-18-23-16(20)15-17(24-18)25(19(26)22-15)10-5-4-9-21-14-7-11-27-12-8-14/h13-14,21H,3-12H2,1-2H3,(H,22,26)(H2,20,23,24). The smallest absolute Gasteiger partial charge is 0.327 e. The molecule has 9 nitrogen and oxygen atoms in total. The van der Waals surface area contributed by atoms with Crippen LogP contribution < -0.4 is 21.5 Å². The van der Waals surface area contributed by atoms with Gasteiger partial charge in [-0.3, -0.25) is 4.57 Å². The Morgan fingerprint density at radius 2 is 2.14 bits per heavy atom. The van der Waals surface area contributed by atoms with Gasteiger partial charge < -0.3 is 25.5 Å². The zero-order valence-corrected chi connectivity index (χ0v) is 16.9. The molecule has 0 saturated carbocycles. The minimum Gasteiger partial charge on any atom is -0.460 e. The molecule has 2 aromatic heterocycles. The lowest BCUT2D eigenvalue weighted by Crippen LogP contribution is -2.35. The number of nitrogen functional groups attached to an aromatic ring is 1. The minimum atomic E-state index is -0.216. The van der Waals surface area contributed by atoms with Crippen LogP contribution in [0, 0.1) is 0 Å². The molecule has 156 valence electrons. The maximum Gasteiger partial charge on any atom is 0.327 e. The highest BCUT2D eigenvalue weighted by Gasteiger charge is 2.16. The van der Waals surface area contributed by atoms with Crippen molar-refractivity contribution in [3.05, 3.63) is 10.5 Å². The average Bonchev–Trinajstić information content (AvgIpc) is 2.99. The molecule has 1 atom stereocenters. The lowest BCUT2D eigenvalue weighted by atomic mass is 10.1. The van der Waals surface area contributed by atoms with Crippen molar-refractivity contribution in [2.24, 2.45) is 0 Å². The van der Waals surface area contributed by atoms with Crippen LogP contribution in [0.15, 0.2) is 4.79 Å². The van der Waals surface area contributed by atoms with E-state index in [9.17, 15) is 4.79 Å². The van der Waals surface area contributed by atoms with Crippen LogP contribution in [0.25, 0.3) is 11.2 Å². The summed E-state index contributed by atoms with van der Waals surface area (Å²) in [4.78, 5) is 23.7. The second-order valence-corrected chi connectivity index (χ2v) is 7.44. The minimum absolute atomic E-state index is 0.00257. The first-order valence-corrected chi connectivity index (χ1v) is 10.3. The number of unbranched alkanes of at least 4 members (excludes halogenated alkanes) is 1. The monoisotopic (exact) mass is 392 g/mol. The number of aromatic amines is 1. The van der Waals surface area contributed by atoms with E-state index in [1.165, 1.54) is 0 Å². The second-order valence-electron chi connectivity index (χ2n) is 7.44. The van der Waals surface area contributed by atoms with E-state index >= 15 is 0 Å². The fraction of sp³-hybridized carbons (Fsp3) is 0.737. The summed E-state index contributed by atoms with van der Waals surface area (Å²) in [7, 11) is 0. The molecule has 0 aliphatic carbocycles. The highest BCUT2D eigenvalue weighted by Crippen LogP contribution is 2.19. The fourth-order valence-electron chi connectivity index (χ4n) is 3.54. The second kappa shape index (κ2) is 9.88. The van der Waals surface area contributed by atoms with E-state index in [0.717, 1.165) is 58.3 Å². The number of aromatic nitrogens is 4. The van der Waals surface area contributed by atoms with Gasteiger partial charge >= 0.3 is 11.7 Å². The summed E-state index contributed by atoms with van der Waals surface area (Å²) < 4.78 is 12.8. The number of anilines is 1. The Labute approximate surface area is 165 Å². The molecule has 1 saturated heterocycles. The van der Waals surface area contributed by atoms with Gasteiger partial charge in [0.1, 0.15) is 5.52 Å². The molecule has 1 aliphatic heterocycles. The Balaban J connectivity index is 1.60. The number of rotatable bonds is 10. The Morgan fingerprint density at radius 1 is 1.36 bits per heavy atom. The molecule has 1 aliphatic rings. The van der Waals surface area contributed by atoms with Crippen LogP contribution in [-0.4, -0.2) is 51.4 Å². The van der Waals surface area contributed by atoms with Crippen molar-refractivity contribution in [2.75, 3.05) is 25.5 Å². The molecular formula is C19H32N6O3. The molecule has 0 amide bonds. The van der Waals surface area contributed by atoms with Gasteiger partial charge in [-0.2, -0.15) is 9.97 Å². The molecule has 4 N–H and O–H groups in total. The molecule has 3 heterocycles. The molecule has 28 heavy (non-hydrogen) atoms. The van der Waals surface area contributed by atoms with E-state index in [4.69, 9.17) is 15.2 Å². The fourth-order valence-corrected chi connectivity index (χ4v) is 3.54. The van der Waals surface area contributed by atoms with E-state index in [-0.39, 0.29) is 23.6 Å². The number of ether oxygens (including phenoxy) is 2. The van der Waals surface area contributed by atoms with Crippen molar-refractivity contribution in [2.45, 2.75) is 71.1 Å². The average molecular weight is 393 g/mol. The lowest BCUT2D eigenvalue weighted by Gasteiger charge is -2.23. The largest absolute Gasteiger partial charge is 0.460 e. The van der Waals surface area contributed by atoms with Gasteiger partial charge in [-0.25, -0.2) is 4.79 Å². The molecule has 2 aromatic rings. The molecule has 9 heteroatoms. The van der Waals surface area contributed by atoms with E-state index in [2.05, 4.69) is 27.2 Å². The number of imidazole rings is 1. The van der Waals surface area contributed by atoms with Crippen molar-refractivity contribution in [3.8, 4) is 6.01 Å². The zero-order chi connectivity index (χ0) is 19.9. The van der Waals surface area contributed by atoms with Gasteiger partial charge in [-0.05, 0) is 45.6 Å². The van der Waals surface area contributed by atoms with Gasteiger partial charge in [-0.1, -0.05) is 13.3 Å². The third-order valence-electron chi connectivity index (χ3n) is 5.09. The predicted molar refractivity (Wildman–Crippen MR) is 109 cm³/mol. The normalized spacial score (nSPS) is 16.5. The van der Waals surface area contributed by atoms with Gasteiger partial charge in [0.15, 0.2) is 11.5 Å². The number of fused-ring (bicyclic) bond motifs is 1. The van der Waals surface area contributed by atoms with Crippen LogP contribution in [0.1, 0.15) is 52.4 Å². The third kappa shape index (κ3) is 5.23. The Bertz CT molecular complexity index is 812. The van der Waals surface area contributed by atoms with Gasteiger partial charge in [-0.15, -0.1) is 0 Å². The van der Waals surface area contributed by atoms with E-state index in [1.807, 2.05) is 6.92 Å². The van der Waals surface area contributed by atoms with Crippen LogP contribution in [0.3, 0.4) is 0 Å². The van der Waals surface area contributed by atoms with Crippen molar-refractivity contribution < 1.29 is 9.47 Å². The summed E-state index contributed by atoms with van der Waals surface area (Å²) in [6, 6.07) is 0.766. The topological polar surface area (TPSA) is 120 Å². The van der Waals surface area contributed by atoms with Crippen LogP contribution in [-0.2, 0) is 11.3 Å². The highest BCUT2D eigenvalue weighted by molar-refractivity contribution is 5.81. The first-order chi connectivity index (χ1) is 13.6. The van der Waals surface area contributed by atoms with E-state index < -0.39 is 0 Å². The van der Waals surface area contributed by atoms with Gasteiger partial charge in [0.25, 0.3) is 0 Å². The number of hydrogen-bond acceptors (Lipinski definition) is 7. The van der Waals surface area contributed by atoms with Crippen molar-refractivity contribution in [1.29, 1.82) is 0 Å². The summed E-state index contributed by atoms with van der Waals surface area (Å²) >= 11 is 0. The van der Waals surface area contributed by atoms with Gasteiger partial charge in [0.05, 0.1) is 6.10 Å². The maximum absolute atomic E-state index is 12.4.